The van der Waals surface area contributed by atoms with Crippen LogP contribution >= 0.6 is 0 Å². The van der Waals surface area contributed by atoms with Crippen LogP contribution in [0.2, 0.25) is 0 Å². The summed E-state index contributed by atoms with van der Waals surface area (Å²) in [5, 5.41) is 21.9. The number of nitrogens with one attached hydrogen (secondary N) is 2. The van der Waals surface area contributed by atoms with Gasteiger partial charge in [-0.05, 0) is 32.8 Å². The number of nitrogens with zero attached hydrogens (tertiary/aromatic N) is 2. The molecule has 5 atom stereocenters. The molecule has 1 saturated heterocycles. The first kappa shape index (κ1) is 18.4. The number of carbonyl (C=O) groups excluding carboxylic acids is 2. The zero-order valence-electron chi connectivity index (χ0n) is 14.9. The number of aliphatic hydroxyl groups excluding tert-OH is 1. The zero-order chi connectivity index (χ0) is 18.8. The third-order valence-corrected chi connectivity index (χ3v) is 4.98. The first-order chi connectivity index (χ1) is 12.4. The van der Waals surface area contributed by atoms with Crippen LogP contribution in [0.25, 0.3) is 0 Å². The number of nitriles is 1. The topological polar surface area (TPSA) is 118 Å². The van der Waals surface area contributed by atoms with E-state index in [-0.39, 0.29) is 29.7 Å². The molecule has 1 aromatic rings. The normalized spacial score (nSPS) is 31.5. The second kappa shape index (κ2) is 7.48. The van der Waals surface area contributed by atoms with Crippen molar-refractivity contribution in [3.8, 4) is 6.07 Å². The molecule has 2 heterocycles. The molecule has 0 bridgehead atoms. The molecular weight excluding hydrogens is 336 g/mol. The minimum Gasteiger partial charge on any atom is -0.391 e. The molecule has 1 aromatic heterocycles. The standard InChI is InChI=1S/C18H24N4O4/c1-10-8-22(9-11(2)26-10)18(25)13-4-14(16(23)5-13)21-17(24)15-3-12(6-19)7-20-15/h3,7,10-11,13-14,16,20,23H,4-5,8-9H2,1-2H3,(H,21,24)/t10-,11+,13-,14+,16+/m0/s1. The highest BCUT2D eigenvalue weighted by molar-refractivity contribution is 5.93. The number of aromatic nitrogens is 1. The summed E-state index contributed by atoms with van der Waals surface area (Å²) in [5.41, 5.74) is 0.630. The highest BCUT2D eigenvalue weighted by Crippen LogP contribution is 2.29. The highest BCUT2D eigenvalue weighted by atomic mass is 16.5. The highest BCUT2D eigenvalue weighted by Gasteiger charge is 2.40. The summed E-state index contributed by atoms with van der Waals surface area (Å²) < 4.78 is 5.66. The van der Waals surface area contributed by atoms with Crippen LogP contribution in [-0.4, -0.2) is 64.2 Å². The lowest BCUT2D eigenvalue weighted by molar-refractivity contribution is -0.147. The molecule has 26 heavy (non-hydrogen) atoms. The average Bonchev–Trinajstić information content (AvgIpc) is 3.20. The van der Waals surface area contributed by atoms with Gasteiger partial charge in [0.1, 0.15) is 11.8 Å². The molecule has 1 aliphatic carbocycles. The Labute approximate surface area is 152 Å². The number of amides is 2. The van der Waals surface area contributed by atoms with E-state index in [4.69, 9.17) is 10.00 Å². The zero-order valence-corrected chi connectivity index (χ0v) is 14.9. The van der Waals surface area contributed by atoms with Crippen molar-refractivity contribution in [3.63, 3.8) is 0 Å². The van der Waals surface area contributed by atoms with Gasteiger partial charge in [0.2, 0.25) is 5.91 Å². The first-order valence-corrected chi connectivity index (χ1v) is 8.89. The second-order valence-corrected chi connectivity index (χ2v) is 7.23. The Morgan fingerprint density at radius 3 is 2.65 bits per heavy atom. The third kappa shape index (κ3) is 3.89. The number of carbonyl (C=O) groups is 2. The lowest BCUT2D eigenvalue weighted by Crippen LogP contribution is -2.50. The van der Waals surface area contributed by atoms with Gasteiger partial charge < -0.3 is 25.0 Å². The van der Waals surface area contributed by atoms with Crippen LogP contribution in [0.5, 0.6) is 0 Å². The molecule has 1 saturated carbocycles. The Morgan fingerprint density at radius 1 is 1.35 bits per heavy atom. The molecule has 1 aliphatic heterocycles. The number of aliphatic hydroxyl groups is 1. The van der Waals surface area contributed by atoms with Crippen LogP contribution in [0.15, 0.2) is 12.3 Å². The van der Waals surface area contributed by atoms with Crippen LogP contribution in [0, 0.1) is 17.2 Å². The molecule has 140 valence electrons. The number of hydrogen-bond donors (Lipinski definition) is 3. The van der Waals surface area contributed by atoms with E-state index in [9.17, 15) is 14.7 Å². The largest absolute Gasteiger partial charge is 0.391 e. The number of aromatic amines is 1. The SMILES string of the molecule is C[C@@H]1CN(C(=O)[C@@H]2C[C@@H](O)[C@H](NC(=O)c3cc(C#N)c[nH]3)C2)C[C@H](C)O1. The molecule has 0 spiro atoms. The molecule has 8 heteroatoms. The molecule has 2 fully saturated rings. The maximum Gasteiger partial charge on any atom is 0.268 e. The molecule has 3 rings (SSSR count). The molecule has 0 radical (unpaired) electrons. The van der Waals surface area contributed by atoms with Gasteiger partial charge in [0.05, 0.1) is 29.9 Å². The minimum absolute atomic E-state index is 0.00765. The van der Waals surface area contributed by atoms with E-state index in [0.717, 1.165) is 0 Å². The van der Waals surface area contributed by atoms with Crippen molar-refractivity contribution in [2.45, 2.75) is 51.0 Å². The van der Waals surface area contributed by atoms with Gasteiger partial charge in [-0.3, -0.25) is 9.59 Å². The van der Waals surface area contributed by atoms with Gasteiger partial charge in [-0.2, -0.15) is 5.26 Å². The summed E-state index contributed by atoms with van der Waals surface area (Å²) in [5.74, 6) is -0.696. The van der Waals surface area contributed by atoms with Crippen LogP contribution in [-0.2, 0) is 9.53 Å². The summed E-state index contributed by atoms with van der Waals surface area (Å²) in [6, 6.07) is 2.92. The molecule has 3 N–H and O–H groups in total. The lowest BCUT2D eigenvalue weighted by atomic mass is 10.0. The van der Waals surface area contributed by atoms with Crippen LogP contribution in [0.4, 0.5) is 0 Å². The van der Waals surface area contributed by atoms with Gasteiger partial charge in [-0.25, -0.2) is 0 Å². The summed E-state index contributed by atoms with van der Waals surface area (Å²) in [4.78, 5) is 29.6. The third-order valence-electron chi connectivity index (χ3n) is 4.98. The predicted octanol–water partition coefficient (Wildman–Crippen LogP) is 0.391. The summed E-state index contributed by atoms with van der Waals surface area (Å²) in [6.45, 7) is 4.97. The van der Waals surface area contributed by atoms with Crippen LogP contribution in [0.1, 0.15) is 42.7 Å². The van der Waals surface area contributed by atoms with Crippen molar-refractivity contribution >= 4 is 11.8 Å². The van der Waals surface area contributed by atoms with Crippen molar-refractivity contribution in [2.24, 2.45) is 5.92 Å². The summed E-state index contributed by atoms with van der Waals surface area (Å²) in [6.07, 6.45) is 1.40. The van der Waals surface area contributed by atoms with Crippen LogP contribution in [0.3, 0.4) is 0 Å². The number of H-pyrrole nitrogens is 1. The van der Waals surface area contributed by atoms with Crippen LogP contribution < -0.4 is 5.32 Å². The number of morpholine rings is 1. The van der Waals surface area contributed by atoms with E-state index in [2.05, 4.69) is 10.3 Å². The number of rotatable bonds is 3. The Morgan fingerprint density at radius 2 is 2.04 bits per heavy atom. The maximum atomic E-state index is 12.8. The second-order valence-electron chi connectivity index (χ2n) is 7.23. The number of ether oxygens (including phenoxy) is 1. The fourth-order valence-electron chi connectivity index (χ4n) is 3.82. The molecule has 8 nitrogen and oxygen atoms in total. The van der Waals surface area contributed by atoms with Crippen molar-refractivity contribution in [3.05, 3.63) is 23.5 Å². The van der Waals surface area contributed by atoms with E-state index in [1.54, 1.807) is 4.90 Å². The van der Waals surface area contributed by atoms with E-state index >= 15 is 0 Å². The Bertz CT molecular complexity index is 715. The van der Waals surface area contributed by atoms with E-state index in [0.29, 0.717) is 31.5 Å². The number of hydrogen-bond acceptors (Lipinski definition) is 5. The van der Waals surface area contributed by atoms with Crippen molar-refractivity contribution in [1.82, 2.24) is 15.2 Å². The van der Waals surface area contributed by atoms with Gasteiger partial charge in [0.25, 0.3) is 5.91 Å². The Kier molecular flexibility index (Phi) is 5.30. The predicted molar refractivity (Wildman–Crippen MR) is 92.1 cm³/mol. The van der Waals surface area contributed by atoms with Gasteiger partial charge in [0, 0.05) is 25.2 Å². The monoisotopic (exact) mass is 360 g/mol. The summed E-state index contributed by atoms with van der Waals surface area (Å²) >= 11 is 0. The van der Waals surface area contributed by atoms with E-state index in [1.165, 1.54) is 12.3 Å². The van der Waals surface area contributed by atoms with Crippen molar-refractivity contribution in [1.29, 1.82) is 5.26 Å². The fraction of sp³-hybridized carbons (Fsp3) is 0.611. The quantitative estimate of drug-likeness (QED) is 0.721. The Hall–Kier alpha value is -2.37. The van der Waals surface area contributed by atoms with Gasteiger partial charge >= 0.3 is 0 Å². The summed E-state index contributed by atoms with van der Waals surface area (Å²) in [7, 11) is 0. The molecular formula is C18H24N4O4. The van der Waals surface area contributed by atoms with Crippen molar-refractivity contribution < 1.29 is 19.4 Å². The molecule has 2 aliphatic rings. The lowest BCUT2D eigenvalue weighted by Gasteiger charge is -2.36. The maximum absolute atomic E-state index is 12.8. The van der Waals surface area contributed by atoms with Crippen molar-refractivity contribution in [2.75, 3.05) is 13.1 Å². The van der Waals surface area contributed by atoms with Gasteiger partial charge in [0.15, 0.2) is 0 Å². The van der Waals surface area contributed by atoms with E-state index in [1.807, 2.05) is 19.9 Å². The molecule has 0 aromatic carbocycles. The minimum atomic E-state index is -0.769. The van der Waals surface area contributed by atoms with E-state index < -0.39 is 18.1 Å². The fourth-order valence-corrected chi connectivity index (χ4v) is 3.82. The first-order valence-electron chi connectivity index (χ1n) is 8.89. The molecule has 2 amide bonds. The van der Waals surface area contributed by atoms with Gasteiger partial charge in [-0.1, -0.05) is 0 Å². The van der Waals surface area contributed by atoms with Gasteiger partial charge in [-0.15, -0.1) is 0 Å². The molecule has 0 unspecified atom stereocenters. The average molecular weight is 360 g/mol. The Balaban J connectivity index is 1.59. The smallest absolute Gasteiger partial charge is 0.268 e.